The van der Waals surface area contributed by atoms with Crippen LogP contribution in [0.5, 0.6) is 0 Å². The molecule has 0 aliphatic carbocycles. The van der Waals surface area contributed by atoms with Gasteiger partial charge < -0.3 is 9.64 Å². The molecule has 3 aromatic rings. The Balaban J connectivity index is 1.50. The second-order valence-electron chi connectivity index (χ2n) is 7.12. The largest absolute Gasteiger partial charge is 0.378 e. The average Bonchev–Trinajstić information content (AvgIpc) is 3.23. The van der Waals surface area contributed by atoms with Crippen molar-refractivity contribution >= 4 is 28.2 Å². The van der Waals surface area contributed by atoms with Crippen LogP contribution in [0.15, 0.2) is 42.6 Å². The molecule has 0 saturated carbocycles. The van der Waals surface area contributed by atoms with E-state index >= 15 is 0 Å². The molecule has 29 heavy (non-hydrogen) atoms. The van der Waals surface area contributed by atoms with E-state index in [4.69, 9.17) is 4.74 Å². The summed E-state index contributed by atoms with van der Waals surface area (Å²) < 4.78 is 5.40. The minimum Gasteiger partial charge on any atom is -0.378 e. The van der Waals surface area contributed by atoms with Gasteiger partial charge in [-0.05, 0) is 23.6 Å². The Hall–Kier alpha value is -2.84. The van der Waals surface area contributed by atoms with Crippen molar-refractivity contribution in [2.75, 3.05) is 36.5 Å². The summed E-state index contributed by atoms with van der Waals surface area (Å²) in [6.07, 6.45) is 1.70. The fourth-order valence-electron chi connectivity index (χ4n) is 3.17. The van der Waals surface area contributed by atoms with Gasteiger partial charge in [0.05, 0.1) is 18.8 Å². The number of pyridine rings is 1. The highest BCUT2D eigenvalue weighted by atomic mass is 32.1. The molecule has 1 amide bonds. The van der Waals surface area contributed by atoms with Crippen LogP contribution in [0.2, 0.25) is 0 Å². The predicted octanol–water partition coefficient (Wildman–Crippen LogP) is 3.81. The van der Waals surface area contributed by atoms with E-state index in [1.165, 1.54) is 16.9 Å². The van der Waals surface area contributed by atoms with E-state index in [-0.39, 0.29) is 5.91 Å². The van der Waals surface area contributed by atoms with E-state index < -0.39 is 0 Å². The molecule has 2 aromatic heterocycles. The summed E-state index contributed by atoms with van der Waals surface area (Å²) in [5.41, 5.74) is 2.79. The lowest BCUT2D eigenvalue weighted by Gasteiger charge is -2.28. The van der Waals surface area contributed by atoms with Crippen molar-refractivity contribution in [2.45, 2.75) is 19.8 Å². The van der Waals surface area contributed by atoms with Gasteiger partial charge in [0.25, 0.3) is 5.91 Å². The van der Waals surface area contributed by atoms with E-state index in [1.54, 1.807) is 18.3 Å². The maximum atomic E-state index is 12.9. The van der Waals surface area contributed by atoms with Crippen LogP contribution >= 0.6 is 11.3 Å². The summed E-state index contributed by atoms with van der Waals surface area (Å²) in [5, 5.41) is 12.5. The van der Waals surface area contributed by atoms with Crippen molar-refractivity contribution in [3.05, 3.63) is 53.7 Å². The SMILES string of the molecule is CC(C)c1ccc(-c2nnc(NC(=O)c3cccnc3N3CCOCC3)s2)cc1. The summed E-state index contributed by atoms with van der Waals surface area (Å²) in [5.74, 6) is 0.910. The molecule has 0 spiro atoms. The summed E-state index contributed by atoms with van der Waals surface area (Å²) in [6, 6.07) is 11.8. The van der Waals surface area contributed by atoms with Gasteiger partial charge in [-0.15, -0.1) is 10.2 Å². The molecule has 0 unspecified atom stereocenters. The number of hydrogen-bond acceptors (Lipinski definition) is 7. The quantitative estimate of drug-likeness (QED) is 0.690. The molecule has 1 fully saturated rings. The number of rotatable bonds is 5. The lowest BCUT2D eigenvalue weighted by atomic mass is 10.0. The van der Waals surface area contributed by atoms with E-state index in [0.717, 1.165) is 10.6 Å². The van der Waals surface area contributed by atoms with Crippen LogP contribution in [0, 0.1) is 0 Å². The standard InChI is InChI=1S/C21H23N5O2S/c1-14(2)15-5-7-16(8-6-15)20-24-25-21(29-20)23-19(27)17-4-3-9-22-18(17)26-10-12-28-13-11-26/h3-9,14H,10-13H2,1-2H3,(H,23,25,27). The van der Waals surface area contributed by atoms with Crippen molar-refractivity contribution < 1.29 is 9.53 Å². The van der Waals surface area contributed by atoms with Crippen molar-refractivity contribution in [3.63, 3.8) is 0 Å². The smallest absolute Gasteiger partial charge is 0.261 e. The van der Waals surface area contributed by atoms with E-state index in [1.807, 2.05) is 12.1 Å². The normalized spacial score (nSPS) is 14.2. The van der Waals surface area contributed by atoms with Crippen molar-refractivity contribution in [1.82, 2.24) is 15.2 Å². The van der Waals surface area contributed by atoms with Gasteiger partial charge in [-0.1, -0.05) is 49.4 Å². The second-order valence-corrected chi connectivity index (χ2v) is 8.09. The molecular weight excluding hydrogens is 386 g/mol. The Labute approximate surface area is 173 Å². The van der Waals surface area contributed by atoms with Gasteiger partial charge in [-0.2, -0.15) is 0 Å². The molecule has 0 bridgehead atoms. The maximum Gasteiger partial charge on any atom is 0.261 e. The zero-order valence-electron chi connectivity index (χ0n) is 16.5. The highest BCUT2D eigenvalue weighted by molar-refractivity contribution is 7.18. The molecule has 1 aliphatic heterocycles. The zero-order valence-corrected chi connectivity index (χ0v) is 17.3. The Morgan fingerprint density at radius 1 is 1.14 bits per heavy atom. The van der Waals surface area contributed by atoms with Crippen molar-refractivity contribution in [1.29, 1.82) is 0 Å². The summed E-state index contributed by atoms with van der Waals surface area (Å²) in [6.45, 7) is 7.02. The summed E-state index contributed by atoms with van der Waals surface area (Å²) in [7, 11) is 0. The molecule has 0 atom stereocenters. The summed E-state index contributed by atoms with van der Waals surface area (Å²) >= 11 is 1.36. The minimum absolute atomic E-state index is 0.238. The molecule has 1 aromatic carbocycles. The van der Waals surface area contributed by atoms with Gasteiger partial charge >= 0.3 is 0 Å². The topological polar surface area (TPSA) is 80.2 Å². The monoisotopic (exact) mass is 409 g/mol. The number of aromatic nitrogens is 3. The first-order chi connectivity index (χ1) is 14.1. The molecule has 8 heteroatoms. The first-order valence-corrected chi connectivity index (χ1v) is 10.5. The third-order valence-corrected chi connectivity index (χ3v) is 5.70. The molecule has 1 saturated heterocycles. The van der Waals surface area contributed by atoms with Gasteiger partial charge in [0, 0.05) is 24.8 Å². The molecular formula is C21H23N5O2S. The number of hydrogen-bond donors (Lipinski definition) is 1. The molecule has 7 nitrogen and oxygen atoms in total. The third kappa shape index (κ3) is 4.44. The maximum absolute atomic E-state index is 12.9. The number of carbonyl (C=O) groups excluding carboxylic acids is 1. The van der Waals surface area contributed by atoms with Gasteiger partial charge in [0.2, 0.25) is 5.13 Å². The Kier molecular flexibility index (Phi) is 5.82. The number of nitrogens with zero attached hydrogens (tertiary/aromatic N) is 4. The van der Waals surface area contributed by atoms with Crippen LogP contribution in [0.1, 0.15) is 35.7 Å². The molecule has 1 N–H and O–H groups in total. The average molecular weight is 410 g/mol. The Morgan fingerprint density at radius 2 is 1.90 bits per heavy atom. The number of amides is 1. The fourth-order valence-corrected chi connectivity index (χ4v) is 3.91. The lowest BCUT2D eigenvalue weighted by Crippen LogP contribution is -2.38. The second kappa shape index (κ2) is 8.67. The number of morpholine rings is 1. The van der Waals surface area contributed by atoms with Crippen LogP contribution in [-0.4, -0.2) is 47.4 Å². The molecule has 3 heterocycles. The number of ether oxygens (including phenoxy) is 1. The molecule has 1 aliphatic rings. The van der Waals surface area contributed by atoms with E-state index in [0.29, 0.717) is 48.7 Å². The first kappa shape index (κ1) is 19.5. The fraction of sp³-hybridized carbons (Fsp3) is 0.333. The Bertz CT molecular complexity index is 981. The predicted molar refractivity (Wildman–Crippen MR) is 115 cm³/mol. The van der Waals surface area contributed by atoms with Crippen LogP contribution in [0.3, 0.4) is 0 Å². The first-order valence-electron chi connectivity index (χ1n) is 9.64. The molecule has 0 radical (unpaired) electrons. The van der Waals surface area contributed by atoms with Crippen LogP contribution in [0.4, 0.5) is 10.9 Å². The summed E-state index contributed by atoms with van der Waals surface area (Å²) in [4.78, 5) is 19.4. The van der Waals surface area contributed by atoms with E-state index in [9.17, 15) is 4.79 Å². The van der Waals surface area contributed by atoms with Crippen LogP contribution in [-0.2, 0) is 4.74 Å². The highest BCUT2D eigenvalue weighted by Crippen LogP contribution is 2.28. The number of anilines is 2. The van der Waals surface area contributed by atoms with Gasteiger partial charge in [-0.3, -0.25) is 10.1 Å². The molecule has 150 valence electrons. The van der Waals surface area contributed by atoms with Gasteiger partial charge in [-0.25, -0.2) is 4.98 Å². The van der Waals surface area contributed by atoms with Gasteiger partial charge in [0.1, 0.15) is 10.8 Å². The zero-order chi connectivity index (χ0) is 20.2. The Morgan fingerprint density at radius 3 is 2.62 bits per heavy atom. The third-order valence-electron chi connectivity index (χ3n) is 4.81. The van der Waals surface area contributed by atoms with E-state index in [2.05, 4.69) is 51.4 Å². The van der Waals surface area contributed by atoms with Crippen LogP contribution < -0.4 is 10.2 Å². The molecule has 4 rings (SSSR count). The lowest BCUT2D eigenvalue weighted by molar-refractivity contribution is 0.102. The van der Waals surface area contributed by atoms with Gasteiger partial charge in [0.15, 0.2) is 0 Å². The van der Waals surface area contributed by atoms with Crippen molar-refractivity contribution in [3.8, 4) is 10.6 Å². The number of carbonyl (C=O) groups is 1. The van der Waals surface area contributed by atoms with Crippen molar-refractivity contribution in [2.24, 2.45) is 0 Å². The van der Waals surface area contributed by atoms with Crippen LogP contribution in [0.25, 0.3) is 10.6 Å². The highest BCUT2D eigenvalue weighted by Gasteiger charge is 2.21. The minimum atomic E-state index is -0.238. The number of benzene rings is 1. The number of nitrogens with one attached hydrogen (secondary N) is 1.